The van der Waals surface area contributed by atoms with Crippen molar-refractivity contribution in [3.63, 3.8) is 0 Å². The van der Waals surface area contributed by atoms with Gasteiger partial charge in [0.25, 0.3) is 0 Å². The molecule has 2 aromatic carbocycles. The zero-order chi connectivity index (χ0) is 19.4. The first-order valence-corrected chi connectivity index (χ1v) is 11.6. The minimum Gasteiger partial charge on any atom is -0.496 e. The molecule has 0 spiro atoms. The Kier molecular flexibility index (Phi) is 6.65. The molecule has 0 unspecified atom stereocenters. The quantitative estimate of drug-likeness (QED) is 0.595. The Balaban J connectivity index is 1.67. The Morgan fingerprint density at radius 3 is 2.56 bits per heavy atom. The molecular weight excluding hydrogens is 475 g/mol. The molecule has 1 saturated heterocycles. The number of halogens is 1. The van der Waals surface area contributed by atoms with Crippen LogP contribution in [0.3, 0.4) is 0 Å². The van der Waals surface area contributed by atoms with Gasteiger partial charge in [0.05, 0.1) is 15.6 Å². The maximum absolute atomic E-state index is 12.9. The van der Waals surface area contributed by atoms with Gasteiger partial charge in [-0.2, -0.15) is 4.31 Å². The summed E-state index contributed by atoms with van der Waals surface area (Å²) in [5.41, 5.74) is 2.03. The predicted molar refractivity (Wildman–Crippen MR) is 117 cm³/mol. The largest absolute Gasteiger partial charge is 0.496 e. The van der Waals surface area contributed by atoms with E-state index < -0.39 is 10.0 Å². The summed E-state index contributed by atoms with van der Waals surface area (Å²) in [6.45, 7) is 3.26. The van der Waals surface area contributed by atoms with E-state index in [4.69, 9.17) is 4.74 Å². The second-order valence-corrected chi connectivity index (χ2v) is 9.86. The highest BCUT2D eigenvalue weighted by Crippen LogP contribution is 2.26. The van der Waals surface area contributed by atoms with Crippen LogP contribution < -0.4 is 10.1 Å². The average molecular weight is 500 g/mol. The number of benzene rings is 2. The second-order valence-electron chi connectivity index (χ2n) is 6.81. The molecule has 1 atom stereocenters. The van der Waals surface area contributed by atoms with Crippen molar-refractivity contribution in [1.29, 1.82) is 0 Å². The molecule has 1 aliphatic rings. The number of hydrogen-bond donors (Lipinski definition) is 1. The fourth-order valence-corrected chi connectivity index (χ4v) is 5.83. The molecule has 0 amide bonds. The van der Waals surface area contributed by atoms with Gasteiger partial charge in [-0.1, -0.05) is 12.5 Å². The van der Waals surface area contributed by atoms with Gasteiger partial charge < -0.3 is 10.1 Å². The highest BCUT2D eigenvalue weighted by molar-refractivity contribution is 14.1. The van der Waals surface area contributed by atoms with Gasteiger partial charge in [0.1, 0.15) is 5.75 Å². The van der Waals surface area contributed by atoms with Gasteiger partial charge in [0, 0.05) is 24.8 Å². The molecule has 3 rings (SSSR count). The van der Waals surface area contributed by atoms with Crippen molar-refractivity contribution in [2.75, 3.05) is 19.0 Å². The lowest BCUT2D eigenvalue weighted by atomic mass is 10.1. The molecule has 27 heavy (non-hydrogen) atoms. The van der Waals surface area contributed by atoms with Crippen molar-refractivity contribution in [2.24, 2.45) is 0 Å². The number of nitrogens with one attached hydrogen (secondary N) is 1. The van der Waals surface area contributed by atoms with Crippen LogP contribution in [0.4, 0.5) is 5.69 Å². The molecule has 1 fully saturated rings. The summed E-state index contributed by atoms with van der Waals surface area (Å²) >= 11 is 2.25. The molecule has 5 nitrogen and oxygen atoms in total. The molecule has 0 aliphatic carbocycles. The standard InChI is InChI=1S/C20H25IN2O3S/c1-15-5-3-4-12-23(15)27(24,25)18-9-7-17(8-10-18)22-14-16-6-11-20(26-2)19(21)13-16/h6-11,13,15,22H,3-5,12,14H2,1-2H3/t15-/m0/s1. The van der Waals surface area contributed by atoms with Gasteiger partial charge >= 0.3 is 0 Å². The van der Waals surface area contributed by atoms with E-state index in [1.54, 1.807) is 23.5 Å². The van der Waals surface area contributed by atoms with Crippen LogP contribution >= 0.6 is 22.6 Å². The van der Waals surface area contributed by atoms with Crippen LogP contribution in [-0.2, 0) is 16.6 Å². The third-order valence-corrected chi connectivity index (χ3v) is 7.79. The fraction of sp³-hybridized carbons (Fsp3) is 0.400. The number of nitrogens with zero attached hydrogens (tertiary/aromatic N) is 1. The highest BCUT2D eigenvalue weighted by atomic mass is 127. The Labute approximate surface area is 175 Å². The van der Waals surface area contributed by atoms with Gasteiger partial charge in [-0.25, -0.2) is 8.42 Å². The first-order valence-electron chi connectivity index (χ1n) is 9.10. The molecule has 0 aromatic heterocycles. The van der Waals surface area contributed by atoms with Crippen LogP contribution in [0.1, 0.15) is 31.7 Å². The zero-order valence-electron chi connectivity index (χ0n) is 15.6. The summed E-state index contributed by atoms with van der Waals surface area (Å²) in [7, 11) is -1.76. The molecule has 0 radical (unpaired) electrons. The van der Waals surface area contributed by atoms with Gasteiger partial charge in [0.15, 0.2) is 0 Å². The number of ether oxygens (including phenoxy) is 1. The molecule has 0 bridgehead atoms. The molecule has 7 heteroatoms. The lowest BCUT2D eigenvalue weighted by Gasteiger charge is -2.32. The normalized spacial score (nSPS) is 18.3. The number of anilines is 1. The Bertz CT molecular complexity index is 885. The van der Waals surface area contributed by atoms with Gasteiger partial charge in [0.2, 0.25) is 10.0 Å². The van der Waals surface area contributed by atoms with Crippen molar-refractivity contribution in [3.05, 3.63) is 51.6 Å². The van der Waals surface area contributed by atoms with Crippen molar-refractivity contribution in [3.8, 4) is 5.75 Å². The number of hydrogen-bond acceptors (Lipinski definition) is 4. The van der Waals surface area contributed by atoms with Crippen LogP contribution in [-0.4, -0.2) is 32.4 Å². The second kappa shape index (κ2) is 8.79. The predicted octanol–water partition coefficient (Wildman–Crippen LogP) is 4.48. The summed E-state index contributed by atoms with van der Waals surface area (Å²) in [6.07, 6.45) is 2.96. The lowest BCUT2D eigenvalue weighted by molar-refractivity contribution is 0.268. The van der Waals surface area contributed by atoms with E-state index in [1.165, 1.54) is 0 Å². The first-order chi connectivity index (χ1) is 12.9. The summed E-state index contributed by atoms with van der Waals surface area (Å²) in [5.74, 6) is 0.862. The van der Waals surface area contributed by atoms with Crippen molar-refractivity contribution in [2.45, 2.75) is 43.7 Å². The minimum absolute atomic E-state index is 0.0686. The molecule has 1 aliphatic heterocycles. The minimum atomic E-state index is -3.42. The van der Waals surface area contributed by atoms with Crippen LogP contribution in [0.15, 0.2) is 47.4 Å². The number of sulfonamides is 1. The van der Waals surface area contributed by atoms with E-state index in [1.807, 2.05) is 31.2 Å². The van der Waals surface area contributed by atoms with E-state index in [9.17, 15) is 8.42 Å². The molecular formula is C20H25IN2O3S. The molecule has 146 valence electrons. The maximum Gasteiger partial charge on any atom is 0.243 e. The lowest BCUT2D eigenvalue weighted by Crippen LogP contribution is -2.41. The molecule has 1 N–H and O–H groups in total. The first kappa shape index (κ1) is 20.4. The topological polar surface area (TPSA) is 58.6 Å². The fourth-order valence-electron chi connectivity index (χ4n) is 3.33. The smallest absolute Gasteiger partial charge is 0.243 e. The monoisotopic (exact) mass is 500 g/mol. The van der Waals surface area contributed by atoms with Gasteiger partial charge in [-0.05, 0) is 84.3 Å². The van der Waals surface area contributed by atoms with Crippen LogP contribution in [0.25, 0.3) is 0 Å². The Morgan fingerprint density at radius 2 is 1.93 bits per heavy atom. The summed E-state index contributed by atoms with van der Waals surface area (Å²) in [5, 5.41) is 3.34. The SMILES string of the molecule is COc1ccc(CNc2ccc(S(=O)(=O)N3CCCC[C@@H]3C)cc2)cc1I. The van der Waals surface area contributed by atoms with Crippen molar-refractivity contribution < 1.29 is 13.2 Å². The van der Waals surface area contributed by atoms with Crippen LogP contribution in [0.5, 0.6) is 5.75 Å². The average Bonchev–Trinajstić information content (AvgIpc) is 2.67. The van der Waals surface area contributed by atoms with Crippen molar-refractivity contribution in [1.82, 2.24) is 4.31 Å². The molecule has 1 heterocycles. The summed E-state index contributed by atoms with van der Waals surface area (Å²) < 4.78 is 33.7. The van der Waals surface area contributed by atoms with E-state index in [2.05, 4.69) is 34.0 Å². The number of piperidine rings is 1. The van der Waals surface area contributed by atoms with Crippen molar-refractivity contribution >= 4 is 38.3 Å². The highest BCUT2D eigenvalue weighted by Gasteiger charge is 2.30. The summed E-state index contributed by atoms with van der Waals surface area (Å²) in [4.78, 5) is 0.362. The van der Waals surface area contributed by atoms with Crippen LogP contribution in [0.2, 0.25) is 0 Å². The van der Waals surface area contributed by atoms with E-state index in [0.29, 0.717) is 18.0 Å². The van der Waals surface area contributed by atoms with E-state index in [0.717, 1.165) is 39.8 Å². The van der Waals surface area contributed by atoms with Gasteiger partial charge in [-0.3, -0.25) is 0 Å². The Hall–Kier alpha value is -1.32. The maximum atomic E-state index is 12.9. The van der Waals surface area contributed by atoms with Crippen LogP contribution in [0, 0.1) is 3.57 Å². The number of rotatable bonds is 6. The number of methoxy groups -OCH3 is 1. The zero-order valence-corrected chi connectivity index (χ0v) is 18.6. The molecule has 0 saturated carbocycles. The summed E-state index contributed by atoms with van der Waals surface area (Å²) in [6, 6.07) is 13.2. The Morgan fingerprint density at radius 1 is 1.19 bits per heavy atom. The van der Waals surface area contributed by atoms with E-state index in [-0.39, 0.29) is 6.04 Å². The van der Waals surface area contributed by atoms with Gasteiger partial charge in [-0.15, -0.1) is 0 Å². The van der Waals surface area contributed by atoms with E-state index >= 15 is 0 Å². The third-order valence-electron chi connectivity index (χ3n) is 4.92. The molecule has 2 aromatic rings. The third kappa shape index (κ3) is 4.75.